The number of nitrogens with one attached hydrogen (secondary N) is 1. The second kappa shape index (κ2) is 6.90. The average Bonchev–Trinajstić information content (AvgIpc) is 2.48. The van der Waals surface area contributed by atoms with Gasteiger partial charge in [0.05, 0.1) is 17.6 Å². The van der Waals surface area contributed by atoms with Crippen LogP contribution < -0.4 is 9.62 Å². The molecule has 24 heavy (non-hydrogen) atoms. The monoisotopic (exact) mass is 414 g/mol. The molecule has 2 aromatic rings. The summed E-state index contributed by atoms with van der Waals surface area (Å²) >= 11 is 3.15. The van der Waals surface area contributed by atoms with Gasteiger partial charge in [0, 0.05) is 17.1 Å². The first-order valence-electron chi connectivity index (χ1n) is 6.90. The van der Waals surface area contributed by atoms with E-state index in [0.717, 1.165) is 10.6 Å². The van der Waals surface area contributed by atoms with Crippen molar-refractivity contribution in [2.45, 2.75) is 6.92 Å². The Morgan fingerprint density at radius 3 is 2.42 bits per heavy atom. The minimum Gasteiger partial charge on any atom is -0.319 e. The molecule has 0 spiro atoms. The van der Waals surface area contributed by atoms with Crippen LogP contribution in [0.3, 0.4) is 0 Å². The van der Waals surface area contributed by atoms with Crippen LogP contribution in [0.1, 0.15) is 15.9 Å². The van der Waals surface area contributed by atoms with E-state index in [4.69, 9.17) is 0 Å². The topological polar surface area (TPSA) is 66.5 Å². The average molecular weight is 415 g/mol. The van der Waals surface area contributed by atoms with Crippen LogP contribution in [0.4, 0.5) is 15.8 Å². The number of aryl methyl sites for hydroxylation is 1. The highest BCUT2D eigenvalue weighted by Crippen LogP contribution is 2.24. The van der Waals surface area contributed by atoms with Gasteiger partial charge in [0.1, 0.15) is 5.82 Å². The SMILES string of the molecule is Cc1cc(C(=O)Nc2ccc(Br)cc2F)ccc1N(C)S(C)(=O)=O. The van der Waals surface area contributed by atoms with Crippen LogP contribution in [-0.4, -0.2) is 27.6 Å². The maximum Gasteiger partial charge on any atom is 0.255 e. The zero-order valence-corrected chi connectivity index (χ0v) is 15.7. The Morgan fingerprint density at radius 2 is 1.88 bits per heavy atom. The summed E-state index contributed by atoms with van der Waals surface area (Å²) in [6, 6.07) is 8.93. The number of nitrogens with zero attached hydrogens (tertiary/aromatic N) is 1. The molecule has 0 aliphatic heterocycles. The molecule has 0 bridgehead atoms. The van der Waals surface area contributed by atoms with Crippen molar-refractivity contribution in [3.63, 3.8) is 0 Å². The van der Waals surface area contributed by atoms with Gasteiger partial charge in [-0.15, -0.1) is 0 Å². The summed E-state index contributed by atoms with van der Waals surface area (Å²) in [6.45, 7) is 1.70. The van der Waals surface area contributed by atoms with Crippen LogP contribution in [-0.2, 0) is 10.0 Å². The fourth-order valence-corrected chi connectivity index (χ4v) is 3.01. The lowest BCUT2D eigenvalue weighted by molar-refractivity contribution is 0.102. The number of carbonyl (C=O) groups excluding carboxylic acids is 1. The number of halogens is 2. The van der Waals surface area contributed by atoms with E-state index in [1.54, 1.807) is 25.1 Å². The minimum atomic E-state index is -3.39. The van der Waals surface area contributed by atoms with Crippen molar-refractivity contribution in [1.82, 2.24) is 0 Å². The van der Waals surface area contributed by atoms with Gasteiger partial charge in [0.2, 0.25) is 10.0 Å². The molecule has 0 unspecified atom stereocenters. The molecule has 0 aliphatic carbocycles. The molecule has 0 saturated carbocycles. The Balaban J connectivity index is 2.27. The molecule has 1 N–H and O–H groups in total. The van der Waals surface area contributed by atoms with Gasteiger partial charge in [-0.2, -0.15) is 0 Å². The molecule has 2 aromatic carbocycles. The van der Waals surface area contributed by atoms with Gasteiger partial charge in [-0.05, 0) is 48.9 Å². The molecule has 0 heterocycles. The summed E-state index contributed by atoms with van der Waals surface area (Å²) in [4.78, 5) is 12.3. The predicted octanol–water partition coefficient (Wildman–Crippen LogP) is 3.54. The van der Waals surface area contributed by atoms with Gasteiger partial charge in [0.25, 0.3) is 5.91 Å². The number of hydrogen-bond acceptors (Lipinski definition) is 3. The van der Waals surface area contributed by atoms with Crippen LogP contribution in [0.2, 0.25) is 0 Å². The van der Waals surface area contributed by atoms with E-state index in [1.807, 2.05) is 0 Å². The van der Waals surface area contributed by atoms with E-state index >= 15 is 0 Å². The highest BCUT2D eigenvalue weighted by Gasteiger charge is 2.16. The predicted molar refractivity (Wildman–Crippen MR) is 96.5 cm³/mol. The summed E-state index contributed by atoms with van der Waals surface area (Å²) in [5.74, 6) is -1.03. The summed E-state index contributed by atoms with van der Waals surface area (Å²) in [6.07, 6.45) is 1.10. The van der Waals surface area contributed by atoms with Gasteiger partial charge in [-0.25, -0.2) is 12.8 Å². The molecular formula is C16H16BrFN2O3S. The number of anilines is 2. The maximum atomic E-state index is 13.8. The second-order valence-corrected chi connectivity index (χ2v) is 8.24. The van der Waals surface area contributed by atoms with Crippen molar-refractivity contribution < 1.29 is 17.6 Å². The first-order chi connectivity index (χ1) is 11.1. The second-order valence-electron chi connectivity index (χ2n) is 5.31. The molecule has 0 aromatic heterocycles. The fraction of sp³-hybridized carbons (Fsp3) is 0.188. The van der Waals surface area contributed by atoms with E-state index in [2.05, 4.69) is 21.2 Å². The van der Waals surface area contributed by atoms with Gasteiger partial charge in [-0.3, -0.25) is 9.10 Å². The van der Waals surface area contributed by atoms with Crippen molar-refractivity contribution in [1.29, 1.82) is 0 Å². The molecule has 0 atom stereocenters. The number of amides is 1. The van der Waals surface area contributed by atoms with E-state index < -0.39 is 21.7 Å². The Bertz CT molecular complexity index is 900. The Morgan fingerprint density at radius 1 is 1.21 bits per heavy atom. The molecule has 0 radical (unpaired) electrons. The molecule has 0 fully saturated rings. The molecule has 2 rings (SSSR count). The molecule has 5 nitrogen and oxygen atoms in total. The standard InChI is InChI=1S/C16H16BrFN2O3S/c1-10-8-11(4-7-15(10)20(2)24(3,22)23)16(21)19-14-6-5-12(17)9-13(14)18/h4-9H,1-3H3,(H,19,21). The third kappa shape index (κ3) is 4.12. The zero-order valence-electron chi connectivity index (χ0n) is 13.3. The number of sulfonamides is 1. The largest absolute Gasteiger partial charge is 0.319 e. The summed E-state index contributed by atoms with van der Waals surface area (Å²) in [5.41, 5.74) is 1.47. The van der Waals surface area contributed by atoms with Crippen LogP contribution in [0.15, 0.2) is 40.9 Å². The van der Waals surface area contributed by atoms with Crippen molar-refractivity contribution in [2.24, 2.45) is 0 Å². The van der Waals surface area contributed by atoms with Gasteiger partial charge < -0.3 is 5.32 Å². The smallest absolute Gasteiger partial charge is 0.255 e. The Labute approximate surface area is 148 Å². The number of carbonyl (C=O) groups is 1. The van der Waals surface area contributed by atoms with Crippen molar-refractivity contribution in [3.8, 4) is 0 Å². The zero-order chi connectivity index (χ0) is 18.1. The summed E-state index contributed by atoms with van der Waals surface area (Å²) < 4.78 is 38.7. The lowest BCUT2D eigenvalue weighted by atomic mass is 10.1. The summed E-state index contributed by atoms with van der Waals surface area (Å²) in [5, 5.41) is 2.49. The van der Waals surface area contributed by atoms with E-state index in [-0.39, 0.29) is 5.69 Å². The van der Waals surface area contributed by atoms with Crippen molar-refractivity contribution in [3.05, 3.63) is 57.8 Å². The summed E-state index contributed by atoms with van der Waals surface area (Å²) in [7, 11) is -1.95. The van der Waals surface area contributed by atoms with Crippen LogP contribution >= 0.6 is 15.9 Å². The van der Waals surface area contributed by atoms with Gasteiger partial charge in [0.15, 0.2) is 0 Å². The van der Waals surface area contributed by atoms with Crippen LogP contribution in [0.5, 0.6) is 0 Å². The number of hydrogen-bond donors (Lipinski definition) is 1. The number of rotatable bonds is 4. The van der Waals surface area contributed by atoms with Gasteiger partial charge in [-0.1, -0.05) is 15.9 Å². The first-order valence-corrected chi connectivity index (χ1v) is 9.54. The minimum absolute atomic E-state index is 0.0678. The van der Waals surface area contributed by atoms with Crippen molar-refractivity contribution >= 4 is 43.2 Å². The lowest BCUT2D eigenvalue weighted by Crippen LogP contribution is -2.25. The molecular weight excluding hydrogens is 399 g/mol. The van der Waals surface area contributed by atoms with Crippen molar-refractivity contribution in [2.75, 3.05) is 22.9 Å². The van der Waals surface area contributed by atoms with Crippen LogP contribution in [0.25, 0.3) is 0 Å². The highest BCUT2D eigenvalue weighted by atomic mass is 79.9. The van der Waals surface area contributed by atoms with Gasteiger partial charge >= 0.3 is 0 Å². The normalized spacial score (nSPS) is 11.2. The molecule has 128 valence electrons. The maximum absolute atomic E-state index is 13.8. The third-order valence-corrected chi connectivity index (χ3v) is 5.16. The van der Waals surface area contributed by atoms with E-state index in [1.165, 1.54) is 25.2 Å². The number of benzene rings is 2. The fourth-order valence-electron chi connectivity index (χ4n) is 2.11. The van der Waals surface area contributed by atoms with Crippen LogP contribution in [0, 0.1) is 12.7 Å². The Hall–Kier alpha value is -1.93. The van der Waals surface area contributed by atoms with E-state index in [0.29, 0.717) is 21.3 Å². The Kier molecular flexibility index (Phi) is 5.29. The first kappa shape index (κ1) is 18.4. The highest BCUT2D eigenvalue weighted by molar-refractivity contribution is 9.10. The molecule has 0 aliphatic rings. The molecule has 1 amide bonds. The van der Waals surface area contributed by atoms with E-state index in [9.17, 15) is 17.6 Å². The molecule has 0 saturated heterocycles. The molecule has 8 heteroatoms. The third-order valence-electron chi connectivity index (χ3n) is 3.48. The quantitative estimate of drug-likeness (QED) is 0.831. The lowest BCUT2D eigenvalue weighted by Gasteiger charge is -2.19.